The van der Waals surface area contributed by atoms with Crippen LogP contribution in [0.15, 0.2) is 52.7 Å². The summed E-state index contributed by atoms with van der Waals surface area (Å²) in [7, 11) is -2.31. The molecule has 1 saturated carbocycles. The molecule has 7 nitrogen and oxygen atoms in total. The first kappa shape index (κ1) is 22.4. The van der Waals surface area contributed by atoms with Gasteiger partial charge in [0.1, 0.15) is 0 Å². The van der Waals surface area contributed by atoms with E-state index in [1.165, 1.54) is 54.8 Å². The fraction of sp³-hybridized carbons (Fsp3) is 0.273. The van der Waals surface area contributed by atoms with Gasteiger partial charge in [-0.25, -0.2) is 22.5 Å². The van der Waals surface area contributed by atoms with E-state index < -0.39 is 21.7 Å². The minimum Gasteiger partial charge on any atom is -0.494 e. The lowest BCUT2D eigenvalue weighted by Gasteiger charge is -2.13. The number of thiazole rings is 1. The minimum atomic E-state index is -3.70. The highest BCUT2D eigenvalue weighted by atomic mass is 32.2. The number of ether oxygens (including phenoxy) is 1. The van der Waals surface area contributed by atoms with Crippen molar-refractivity contribution < 1.29 is 22.3 Å². The van der Waals surface area contributed by atoms with Crippen LogP contribution in [-0.2, 0) is 10.0 Å². The first-order valence-corrected chi connectivity index (χ1v) is 12.5. The predicted molar refractivity (Wildman–Crippen MR) is 121 cm³/mol. The van der Waals surface area contributed by atoms with Crippen molar-refractivity contribution >= 4 is 32.4 Å². The highest BCUT2D eigenvalue weighted by molar-refractivity contribution is 7.89. The standard InChI is InChI=1S/C22H22FN3O4S2/c1-30-20-10-9-14(12-18(20)23)19-13-31-22(24-19)25-21(27)15-5-4-8-17(11-15)32(28,29)26-16-6-2-3-7-16/h4-5,8-13,16,26H,2-3,6-7H2,1H3,(H,24,25,27). The fourth-order valence-electron chi connectivity index (χ4n) is 3.59. The number of amides is 1. The molecule has 1 heterocycles. The minimum absolute atomic E-state index is 0.0468. The first-order chi connectivity index (χ1) is 15.4. The average Bonchev–Trinajstić information content (AvgIpc) is 3.45. The molecule has 3 aromatic rings. The van der Waals surface area contributed by atoms with Gasteiger partial charge in [-0.2, -0.15) is 0 Å². The van der Waals surface area contributed by atoms with Crippen LogP contribution >= 0.6 is 11.3 Å². The van der Waals surface area contributed by atoms with Crippen molar-refractivity contribution in [3.05, 3.63) is 59.2 Å². The Morgan fingerprint density at radius 2 is 1.97 bits per heavy atom. The summed E-state index contributed by atoms with van der Waals surface area (Å²) >= 11 is 1.19. The van der Waals surface area contributed by atoms with Crippen LogP contribution in [0.5, 0.6) is 5.75 Å². The summed E-state index contributed by atoms with van der Waals surface area (Å²) in [5.41, 5.74) is 1.25. The van der Waals surface area contributed by atoms with Crippen LogP contribution in [0, 0.1) is 5.82 Å². The maximum Gasteiger partial charge on any atom is 0.257 e. The number of nitrogens with one attached hydrogen (secondary N) is 2. The number of carbonyl (C=O) groups excluding carboxylic acids is 1. The van der Waals surface area contributed by atoms with Crippen molar-refractivity contribution in [2.45, 2.75) is 36.6 Å². The van der Waals surface area contributed by atoms with E-state index >= 15 is 0 Å². The number of sulfonamides is 1. The zero-order chi connectivity index (χ0) is 22.7. The number of carbonyl (C=O) groups is 1. The molecule has 4 rings (SSSR count). The third-order valence-corrected chi connectivity index (χ3v) is 7.53. The number of hydrogen-bond acceptors (Lipinski definition) is 6. The molecule has 2 N–H and O–H groups in total. The molecule has 0 unspecified atom stereocenters. The zero-order valence-electron chi connectivity index (χ0n) is 17.3. The lowest BCUT2D eigenvalue weighted by atomic mass is 10.1. The monoisotopic (exact) mass is 475 g/mol. The van der Waals surface area contributed by atoms with Crippen molar-refractivity contribution in [2.75, 3.05) is 12.4 Å². The largest absolute Gasteiger partial charge is 0.494 e. The van der Waals surface area contributed by atoms with E-state index in [4.69, 9.17) is 4.74 Å². The highest BCUT2D eigenvalue weighted by Crippen LogP contribution is 2.29. The van der Waals surface area contributed by atoms with E-state index in [0.29, 0.717) is 16.4 Å². The molecule has 0 saturated heterocycles. The number of benzene rings is 2. The molecule has 0 bridgehead atoms. The summed E-state index contributed by atoms with van der Waals surface area (Å²) in [6.45, 7) is 0. The van der Waals surface area contributed by atoms with Crippen LogP contribution in [0.2, 0.25) is 0 Å². The number of aromatic nitrogens is 1. The summed E-state index contributed by atoms with van der Waals surface area (Å²) in [4.78, 5) is 17.1. The highest BCUT2D eigenvalue weighted by Gasteiger charge is 2.23. The first-order valence-electron chi connectivity index (χ1n) is 10.1. The summed E-state index contributed by atoms with van der Waals surface area (Å²) in [6, 6.07) is 10.3. The summed E-state index contributed by atoms with van der Waals surface area (Å²) < 4.78 is 46.9. The molecule has 1 amide bonds. The molecular weight excluding hydrogens is 453 g/mol. The van der Waals surface area contributed by atoms with E-state index in [0.717, 1.165) is 25.7 Å². The van der Waals surface area contributed by atoms with E-state index in [1.807, 2.05) is 0 Å². The summed E-state index contributed by atoms with van der Waals surface area (Å²) in [5, 5.41) is 4.69. The second-order valence-electron chi connectivity index (χ2n) is 7.47. The quantitative estimate of drug-likeness (QED) is 0.527. The van der Waals surface area contributed by atoms with Gasteiger partial charge in [-0.3, -0.25) is 10.1 Å². The maximum atomic E-state index is 14.0. The van der Waals surface area contributed by atoms with Crippen LogP contribution in [0.3, 0.4) is 0 Å². The fourth-order valence-corrected chi connectivity index (χ4v) is 5.66. The van der Waals surface area contributed by atoms with Crippen LogP contribution in [0.4, 0.5) is 9.52 Å². The Bertz CT molecular complexity index is 1240. The Hall–Kier alpha value is -2.82. The van der Waals surface area contributed by atoms with Crippen molar-refractivity contribution in [3.63, 3.8) is 0 Å². The molecule has 1 aliphatic carbocycles. The zero-order valence-corrected chi connectivity index (χ0v) is 18.9. The van der Waals surface area contributed by atoms with Gasteiger partial charge in [0.05, 0.1) is 17.7 Å². The molecule has 0 spiro atoms. The second-order valence-corrected chi connectivity index (χ2v) is 10.0. The Balaban J connectivity index is 1.48. The normalized spacial score (nSPS) is 14.4. The summed E-state index contributed by atoms with van der Waals surface area (Å²) in [6.07, 6.45) is 3.66. The van der Waals surface area contributed by atoms with Crippen LogP contribution in [0.25, 0.3) is 11.3 Å². The molecule has 0 radical (unpaired) electrons. The molecule has 32 heavy (non-hydrogen) atoms. The molecule has 168 valence electrons. The van der Waals surface area contributed by atoms with Crippen molar-refractivity contribution in [3.8, 4) is 17.0 Å². The van der Waals surface area contributed by atoms with E-state index in [2.05, 4.69) is 15.0 Å². The molecule has 1 aliphatic rings. The van der Waals surface area contributed by atoms with Gasteiger partial charge in [0, 0.05) is 22.5 Å². The number of anilines is 1. The van der Waals surface area contributed by atoms with Crippen molar-refractivity contribution in [2.24, 2.45) is 0 Å². The molecule has 1 fully saturated rings. The predicted octanol–water partition coefficient (Wildman–Crippen LogP) is 4.43. The smallest absolute Gasteiger partial charge is 0.257 e. The van der Waals surface area contributed by atoms with Crippen molar-refractivity contribution in [1.82, 2.24) is 9.71 Å². The van der Waals surface area contributed by atoms with Gasteiger partial charge in [-0.05, 0) is 49.2 Å². The maximum absolute atomic E-state index is 14.0. The van der Waals surface area contributed by atoms with Gasteiger partial charge in [-0.15, -0.1) is 11.3 Å². The van der Waals surface area contributed by atoms with Gasteiger partial charge < -0.3 is 4.74 Å². The molecule has 0 atom stereocenters. The van der Waals surface area contributed by atoms with Crippen LogP contribution in [0.1, 0.15) is 36.0 Å². The molecule has 10 heteroatoms. The molecule has 2 aromatic carbocycles. The average molecular weight is 476 g/mol. The molecular formula is C22H22FN3O4S2. The van der Waals surface area contributed by atoms with Gasteiger partial charge >= 0.3 is 0 Å². The number of halogens is 1. The number of hydrogen-bond donors (Lipinski definition) is 2. The number of rotatable bonds is 7. The topological polar surface area (TPSA) is 97.4 Å². The Labute approximate surface area is 189 Å². The van der Waals surface area contributed by atoms with E-state index in [1.54, 1.807) is 11.4 Å². The van der Waals surface area contributed by atoms with Crippen molar-refractivity contribution in [1.29, 1.82) is 0 Å². The van der Waals surface area contributed by atoms with E-state index in [-0.39, 0.29) is 22.3 Å². The van der Waals surface area contributed by atoms with E-state index in [9.17, 15) is 17.6 Å². The lowest BCUT2D eigenvalue weighted by molar-refractivity contribution is 0.102. The SMILES string of the molecule is COc1ccc(-c2csc(NC(=O)c3cccc(S(=O)(=O)NC4CCCC4)c3)n2)cc1F. The van der Waals surface area contributed by atoms with Gasteiger partial charge in [0.25, 0.3) is 5.91 Å². The lowest BCUT2D eigenvalue weighted by Crippen LogP contribution is -2.32. The molecule has 0 aliphatic heterocycles. The van der Waals surface area contributed by atoms with Gasteiger partial charge in [0.2, 0.25) is 10.0 Å². The van der Waals surface area contributed by atoms with Gasteiger partial charge in [-0.1, -0.05) is 18.9 Å². The Kier molecular flexibility index (Phi) is 6.54. The van der Waals surface area contributed by atoms with Crippen LogP contribution in [-0.4, -0.2) is 32.5 Å². The molecule has 1 aromatic heterocycles. The number of nitrogens with zero attached hydrogens (tertiary/aromatic N) is 1. The van der Waals surface area contributed by atoms with Crippen LogP contribution < -0.4 is 14.8 Å². The Morgan fingerprint density at radius 3 is 2.69 bits per heavy atom. The summed E-state index contributed by atoms with van der Waals surface area (Å²) in [5.74, 6) is -0.854. The second kappa shape index (κ2) is 9.35. The third-order valence-electron chi connectivity index (χ3n) is 5.26. The Morgan fingerprint density at radius 1 is 1.19 bits per heavy atom. The van der Waals surface area contributed by atoms with Gasteiger partial charge in [0.15, 0.2) is 16.7 Å². The number of methoxy groups -OCH3 is 1. The third kappa shape index (κ3) is 4.98.